The fourth-order valence-corrected chi connectivity index (χ4v) is 3.08. The lowest BCUT2D eigenvalue weighted by atomic mass is 9.89. The Hall–Kier alpha value is -3.16. The molecule has 2 aromatic heterocycles. The van der Waals surface area contributed by atoms with E-state index < -0.39 is 17.7 Å². The zero-order valence-electron chi connectivity index (χ0n) is 13.4. The SMILES string of the molecule is O=C1C[C@@H](c2ccc(C(F)(F)F)cc2)c2ncn(-c3cccnc3)c2N1. The first kappa shape index (κ1) is 16.3. The quantitative estimate of drug-likeness (QED) is 0.759. The van der Waals surface area contributed by atoms with Gasteiger partial charge in [-0.3, -0.25) is 14.3 Å². The number of benzene rings is 1. The Bertz CT molecular complexity index is 949. The van der Waals surface area contributed by atoms with Gasteiger partial charge in [-0.15, -0.1) is 0 Å². The van der Waals surface area contributed by atoms with E-state index in [0.29, 0.717) is 17.1 Å². The first-order chi connectivity index (χ1) is 12.4. The topological polar surface area (TPSA) is 59.8 Å². The normalized spacial score (nSPS) is 16.9. The van der Waals surface area contributed by atoms with Crippen molar-refractivity contribution in [3.05, 3.63) is 71.9 Å². The monoisotopic (exact) mass is 358 g/mol. The number of nitrogens with zero attached hydrogens (tertiary/aromatic N) is 3. The van der Waals surface area contributed by atoms with Gasteiger partial charge in [0.05, 0.1) is 23.1 Å². The van der Waals surface area contributed by atoms with Gasteiger partial charge in [-0.2, -0.15) is 13.2 Å². The number of alkyl halides is 3. The van der Waals surface area contributed by atoms with Gasteiger partial charge in [0.2, 0.25) is 5.91 Å². The molecule has 0 bridgehead atoms. The zero-order valence-corrected chi connectivity index (χ0v) is 13.4. The molecule has 8 heteroatoms. The molecule has 0 saturated heterocycles. The zero-order chi connectivity index (χ0) is 18.3. The van der Waals surface area contributed by atoms with Gasteiger partial charge >= 0.3 is 6.18 Å². The van der Waals surface area contributed by atoms with Crippen LogP contribution in [0.4, 0.5) is 19.0 Å². The van der Waals surface area contributed by atoms with E-state index in [2.05, 4.69) is 15.3 Å². The van der Waals surface area contributed by atoms with Gasteiger partial charge in [0.25, 0.3) is 0 Å². The Kier molecular flexibility index (Phi) is 3.75. The third-order valence-electron chi connectivity index (χ3n) is 4.34. The number of carbonyl (C=O) groups excluding carboxylic acids is 1. The summed E-state index contributed by atoms with van der Waals surface area (Å²) < 4.78 is 40.0. The lowest BCUT2D eigenvalue weighted by Gasteiger charge is -2.23. The molecule has 1 amide bonds. The van der Waals surface area contributed by atoms with Crippen molar-refractivity contribution in [3.63, 3.8) is 0 Å². The van der Waals surface area contributed by atoms with Crippen LogP contribution in [0.25, 0.3) is 5.69 Å². The number of amides is 1. The van der Waals surface area contributed by atoms with E-state index in [9.17, 15) is 18.0 Å². The number of hydrogen-bond acceptors (Lipinski definition) is 3. The summed E-state index contributed by atoms with van der Waals surface area (Å²) >= 11 is 0. The van der Waals surface area contributed by atoms with Crippen molar-refractivity contribution >= 4 is 11.7 Å². The first-order valence-corrected chi connectivity index (χ1v) is 7.88. The Balaban J connectivity index is 1.75. The number of pyridine rings is 1. The van der Waals surface area contributed by atoms with Crippen LogP contribution in [0.3, 0.4) is 0 Å². The summed E-state index contributed by atoms with van der Waals surface area (Å²) in [7, 11) is 0. The van der Waals surface area contributed by atoms with Crippen LogP contribution in [-0.4, -0.2) is 20.4 Å². The summed E-state index contributed by atoms with van der Waals surface area (Å²) in [5.74, 6) is -0.105. The van der Waals surface area contributed by atoms with Crippen molar-refractivity contribution in [2.75, 3.05) is 5.32 Å². The second kappa shape index (κ2) is 5.98. The third kappa shape index (κ3) is 2.83. The van der Waals surface area contributed by atoms with Crippen LogP contribution in [0.15, 0.2) is 55.1 Å². The van der Waals surface area contributed by atoms with E-state index in [-0.39, 0.29) is 12.3 Å². The van der Waals surface area contributed by atoms with E-state index in [1.54, 1.807) is 29.4 Å². The van der Waals surface area contributed by atoms with Gasteiger partial charge in [-0.25, -0.2) is 4.98 Å². The maximum absolute atomic E-state index is 12.8. The number of halogens is 3. The lowest BCUT2D eigenvalue weighted by molar-refractivity contribution is -0.137. The molecule has 0 fully saturated rings. The molecular weight excluding hydrogens is 345 g/mol. The molecule has 5 nitrogen and oxygen atoms in total. The van der Waals surface area contributed by atoms with E-state index in [0.717, 1.165) is 17.8 Å². The molecule has 0 spiro atoms. The van der Waals surface area contributed by atoms with Gasteiger partial charge in [0, 0.05) is 18.5 Å². The largest absolute Gasteiger partial charge is 0.416 e. The van der Waals surface area contributed by atoms with Crippen LogP contribution >= 0.6 is 0 Å². The molecule has 3 heterocycles. The molecule has 132 valence electrons. The van der Waals surface area contributed by atoms with Crippen LogP contribution in [0.5, 0.6) is 0 Å². The van der Waals surface area contributed by atoms with Gasteiger partial charge < -0.3 is 5.32 Å². The van der Waals surface area contributed by atoms with E-state index in [1.165, 1.54) is 12.1 Å². The van der Waals surface area contributed by atoms with Crippen molar-refractivity contribution in [2.45, 2.75) is 18.5 Å². The Morgan fingerprint density at radius 2 is 1.92 bits per heavy atom. The van der Waals surface area contributed by atoms with Crippen LogP contribution < -0.4 is 5.32 Å². The van der Waals surface area contributed by atoms with Crippen LogP contribution in [0, 0.1) is 0 Å². The summed E-state index contributed by atoms with van der Waals surface area (Å²) in [6.07, 6.45) is 0.578. The minimum absolute atomic E-state index is 0.127. The molecule has 1 atom stereocenters. The Morgan fingerprint density at radius 3 is 2.58 bits per heavy atom. The van der Waals surface area contributed by atoms with Crippen LogP contribution in [0.2, 0.25) is 0 Å². The molecule has 1 aromatic carbocycles. The third-order valence-corrected chi connectivity index (χ3v) is 4.34. The summed E-state index contributed by atoms with van der Waals surface area (Å²) in [6.45, 7) is 0. The van der Waals surface area contributed by atoms with E-state index in [4.69, 9.17) is 0 Å². The van der Waals surface area contributed by atoms with E-state index >= 15 is 0 Å². The Morgan fingerprint density at radius 1 is 1.15 bits per heavy atom. The predicted molar refractivity (Wildman–Crippen MR) is 87.9 cm³/mol. The first-order valence-electron chi connectivity index (χ1n) is 7.88. The number of imidazole rings is 1. The van der Waals surface area contributed by atoms with E-state index in [1.807, 2.05) is 6.07 Å². The Labute approximate surface area is 146 Å². The highest BCUT2D eigenvalue weighted by atomic mass is 19.4. The minimum Gasteiger partial charge on any atom is -0.310 e. The highest BCUT2D eigenvalue weighted by molar-refractivity contribution is 5.94. The van der Waals surface area contributed by atoms with Crippen LogP contribution in [-0.2, 0) is 11.0 Å². The van der Waals surface area contributed by atoms with Crippen molar-refractivity contribution in [1.29, 1.82) is 0 Å². The number of aromatic nitrogens is 3. The molecule has 0 unspecified atom stereocenters. The molecule has 26 heavy (non-hydrogen) atoms. The summed E-state index contributed by atoms with van der Waals surface area (Å²) in [6, 6.07) is 8.44. The summed E-state index contributed by atoms with van der Waals surface area (Å²) in [5.41, 5.74) is 1.25. The highest BCUT2D eigenvalue weighted by Gasteiger charge is 2.33. The number of anilines is 1. The standard InChI is InChI=1S/C18H13F3N4O/c19-18(20,21)12-5-3-11(4-6-12)14-8-15(26)24-17-16(14)23-10-25(17)13-2-1-7-22-9-13/h1-7,9-10,14H,8H2,(H,24,26)/t14-/m0/s1. The lowest BCUT2D eigenvalue weighted by Crippen LogP contribution is -2.25. The molecule has 1 aliphatic rings. The maximum Gasteiger partial charge on any atom is 0.416 e. The smallest absolute Gasteiger partial charge is 0.310 e. The molecule has 0 aliphatic carbocycles. The fraction of sp³-hybridized carbons (Fsp3) is 0.167. The van der Waals surface area contributed by atoms with Crippen molar-refractivity contribution < 1.29 is 18.0 Å². The van der Waals surface area contributed by atoms with Gasteiger partial charge in [-0.05, 0) is 29.8 Å². The highest BCUT2D eigenvalue weighted by Crippen LogP contribution is 2.38. The summed E-state index contributed by atoms with van der Waals surface area (Å²) in [4.78, 5) is 20.6. The molecule has 1 N–H and O–H groups in total. The predicted octanol–water partition coefficient (Wildman–Crippen LogP) is 3.76. The number of nitrogens with one attached hydrogen (secondary N) is 1. The molecule has 0 saturated carbocycles. The van der Waals surface area contributed by atoms with Crippen LogP contribution in [0.1, 0.15) is 29.2 Å². The fourth-order valence-electron chi connectivity index (χ4n) is 3.08. The molecule has 3 aromatic rings. The molecular formula is C18H13F3N4O. The number of fused-ring (bicyclic) bond motifs is 1. The minimum atomic E-state index is -4.39. The van der Waals surface area contributed by atoms with Gasteiger partial charge in [0.15, 0.2) is 0 Å². The molecule has 1 aliphatic heterocycles. The maximum atomic E-state index is 12.8. The number of carbonyl (C=O) groups is 1. The van der Waals surface area contributed by atoms with Crippen molar-refractivity contribution in [3.8, 4) is 5.69 Å². The van der Waals surface area contributed by atoms with Gasteiger partial charge in [-0.1, -0.05) is 12.1 Å². The average Bonchev–Trinajstić information content (AvgIpc) is 3.05. The second-order valence-electron chi connectivity index (χ2n) is 5.98. The average molecular weight is 358 g/mol. The molecule has 0 radical (unpaired) electrons. The van der Waals surface area contributed by atoms with Gasteiger partial charge in [0.1, 0.15) is 12.1 Å². The number of rotatable bonds is 2. The molecule has 4 rings (SSSR count). The van der Waals surface area contributed by atoms with Crippen molar-refractivity contribution in [2.24, 2.45) is 0 Å². The second-order valence-corrected chi connectivity index (χ2v) is 5.98. The summed E-state index contributed by atoms with van der Waals surface area (Å²) in [5, 5.41) is 2.80. The van der Waals surface area contributed by atoms with Crippen molar-refractivity contribution in [1.82, 2.24) is 14.5 Å². The number of hydrogen-bond donors (Lipinski definition) is 1.